The molecule has 0 spiro atoms. The van der Waals surface area contributed by atoms with Gasteiger partial charge in [0.15, 0.2) is 0 Å². The van der Waals surface area contributed by atoms with Crippen molar-refractivity contribution in [3.8, 4) is 0 Å². The van der Waals surface area contributed by atoms with E-state index in [1.54, 1.807) is 18.5 Å². The van der Waals surface area contributed by atoms with Crippen LogP contribution in [-0.2, 0) is 0 Å². The number of likely N-dealkylation sites (tertiary alicyclic amines) is 1. The fraction of sp³-hybridized carbons (Fsp3) is 0.538. The summed E-state index contributed by atoms with van der Waals surface area (Å²) in [6.45, 7) is 1.88. The molecule has 1 aromatic rings. The van der Waals surface area contributed by atoms with Crippen LogP contribution in [0.4, 0.5) is 10.5 Å². The predicted molar refractivity (Wildman–Crippen MR) is 71.5 cm³/mol. The van der Waals surface area contributed by atoms with Crippen LogP contribution in [0.2, 0.25) is 0 Å². The molecule has 1 aliphatic rings. The smallest absolute Gasteiger partial charge is 0.319 e. The fourth-order valence-corrected chi connectivity index (χ4v) is 2.31. The molecule has 0 unspecified atom stereocenters. The van der Waals surface area contributed by atoms with Crippen LogP contribution in [0.15, 0.2) is 24.5 Å². The summed E-state index contributed by atoms with van der Waals surface area (Å²) in [4.78, 5) is 17.9. The second kappa shape index (κ2) is 6.35. The lowest BCUT2D eigenvalue weighted by atomic mass is 10.1. The van der Waals surface area contributed by atoms with E-state index in [2.05, 4.69) is 27.6 Å². The number of amides is 2. The molecule has 2 rings (SSSR count). The molecule has 18 heavy (non-hydrogen) atoms. The van der Waals surface area contributed by atoms with Gasteiger partial charge in [-0.15, -0.1) is 0 Å². The fourth-order valence-electron chi connectivity index (χ4n) is 2.31. The molecule has 1 atom stereocenters. The highest BCUT2D eigenvalue weighted by molar-refractivity contribution is 5.88. The Morgan fingerprint density at radius 2 is 2.50 bits per heavy atom. The Balaban J connectivity index is 1.66. The van der Waals surface area contributed by atoms with Crippen molar-refractivity contribution in [1.82, 2.24) is 15.2 Å². The van der Waals surface area contributed by atoms with Crippen LogP contribution in [-0.4, -0.2) is 42.1 Å². The van der Waals surface area contributed by atoms with Crippen molar-refractivity contribution in [1.29, 1.82) is 0 Å². The van der Waals surface area contributed by atoms with Crippen molar-refractivity contribution in [3.63, 3.8) is 0 Å². The van der Waals surface area contributed by atoms with E-state index < -0.39 is 0 Å². The second-order valence-corrected chi connectivity index (χ2v) is 4.69. The number of pyridine rings is 1. The van der Waals surface area contributed by atoms with Gasteiger partial charge in [0.05, 0.1) is 11.9 Å². The average molecular weight is 248 g/mol. The quantitative estimate of drug-likeness (QED) is 0.852. The number of nitrogens with one attached hydrogen (secondary N) is 2. The van der Waals surface area contributed by atoms with Gasteiger partial charge in [0, 0.05) is 18.8 Å². The number of anilines is 1. The van der Waals surface area contributed by atoms with E-state index in [0.717, 1.165) is 6.42 Å². The van der Waals surface area contributed by atoms with Crippen LogP contribution < -0.4 is 10.6 Å². The molecule has 1 fully saturated rings. The minimum absolute atomic E-state index is 0.163. The third-order valence-electron chi connectivity index (χ3n) is 3.35. The molecular formula is C13H20N4O. The van der Waals surface area contributed by atoms with Gasteiger partial charge in [0.25, 0.3) is 0 Å². The Labute approximate surface area is 108 Å². The Morgan fingerprint density at radius 3 is 3.17 bits per heavy atom. The molecule has 0 radical (unpaired) electrons. The summed E-state index contributed by atoms with van der Waals surface area (Å²) in [5.41, 5.74) is 0.716. The lowest BCUT2D eigenvalue weighted by Gasteiger charge is -2.19. The SMILES string of the molecule is CN1CCC[C@@H]1CCNC(=O)Nc1cccnc1. The molecule has 2 N–H and O–H groups in total. The number of carbonyl (C=O) groups is 1. The van der Waals surface area contributed by atoms with E-state index in [4.69, 9.17) is 0 Å². The van der Waals surface area contributed by atoms with Gasteiger partial charge < -0.3 is 15.5 Å². The number of hydrogen-bond acceptors (Lipinski definition) is 3. The van der Waals surface area contributed by atoms with Crippen molar-refractivity contribution in [3.05, 3.63) is 24.5 Å². The molecule has 0 aliphatic carbocycles. The number of aromatic nitrogens is 1. The monoisotopic (exact) mass is 248 g/mol. The lowest BCUT2D eigenvalue weighted by Crippen LogP contribution is -2.34. The van der Waals surface area contributed by atoms with Gasteiger partial charge in [0.2, 0.25) is 0 Å². The highest BCUT2D eigenvalue weighted by Crippen LogP contribution is 2.16. The van der Waals surface area contributed by atoms with Crippen molar-refractivity contribution < 1.29 is 4.79 Å². The topological polar surface area (TPSA) is 57.3 Å². The van der Waals surface area contributed by atoms with Crippen molar-refractivity contribution in [2.75, 3.05) is 25.5 Å². The van der Waals surface area contributed by atoms with Crippen molar-refractivity contribution in [2.24, 2.45) is 0 Å². The van der Waals surface area contributed by atoms with Gasteiger partial charge in [-0.05, 0) is 45.0 Å². The minimum Gasteiger partial charge on any atom is -0.338 e. The van der Waals surface area contributed by atoms with Crippen LogP contribution in [0.5, 0.6) is 0 Å². The highest BCUT2D eigenvalue weighted by atomic mass is 16.2. The Kier molecular flexibility index (Phi) is 4.52. The van der Waals surface area contributed by atoms with E-state index >= 15 is 0 Å². The van der Waals surface area contributed by atoms with Gasteiger partial charge in [0.1, 0.15) is 0 Å². The van der Waals surface area contributed by atoms with E-state index in [1.165, 1.54) is 19.4 Å². The number of rotatable bonds is 4. The van der Waals surface area contributed by atoms with Crippen LogP contribution in [0.1, 0.15) is 19.3 Å². The van der Waals surface area contributed by atoms with Crippen molar-refractivity contribution in [2.45, 2.75) is 25.3 Å². The molecule has 0 aromatic carbocycles. The zero-order valence-electron chi connectivity index (χ0n) is 10.7. The summed E-state index contributed by atoms with van der Waals surface area (Å²) >= 11 is 0. The normalized spacial score (nSPS) is 19.7. The molecule has 5 nitrogen and oxygen atoms in total. The number of carbonyl (C=O) groups excluding carboxylic acids is 1. The molecule has 1 aliphatic heterocycles. The second-order valence-electron chi connectivity index (χ2n) is 4.69. The largest absolute Gasteiger partial charge is 0.338 e. The first-order valence-electron chi connectivity index (χ1n) is 6.41. The van der Waals surface area contributed by atoms with E-state index in [9.17, 15) is 4.79 Å². The van der Waals surface area contributed by atoms with Gasteiger partial charge in [-0.3, -0.25) is 4.98 Å². The highest BCUT2D eigenvalue weighted by Gasteiger charge is 2.20. The van der Waals surface area contributed by atoms with E-state index in [1.807, 2.05) is 6.07 Å². The van der Waals surface area contributed by atoms with Crippen LogP contribution >= 0.6 is 0 Å². The molecule has 5 heteroatoms. The van der Waals surface area contributed by atoms with E-state index in [0.29, 0.717) is 18.3 Å². The lowest BCUT2D eigenvalue weighted by molar-refractivity contribution is 0.248. The summed E-state index contributed by atoms with van der Waals surface area (Å²) < 4.78 is 0. The Hall–Kier alpha value is -1.62. The predicted octanol–water partition coefficient (Wildman–Crippen LogP) is 1.69. The Bertz CT molecular complexity index is 382. The standard InChI is InChI=1S/C13H20N4O/c1-17-9-3-5-12(17)6-8-15-13(18)16-11-4-2-7-14-10-11/h2,4,7,10,12H,3,5-6,8-9H2,1H3,(H2,15,16,18)/t12-/m1/s1. The van der Waals surface area contributed by atoms with Gasteiger partial charge in [-0.1, -0.05) is 0 Å². The summed E-state index contributed by atoms with van der Waals surface area (Å²) in [5, 5.41) is 5.63. The van der Waals surface area contributed by atoms with E-state index in [-0.39, 0.29) is 6.03 Å². The van der Waals surface area contributed by atoms with Crippen LogP contribution in [0, 0.1) is 0 Å². The number of urea groups is 1. The van der Waals surface area contributed by atoms with Gasteiger partial charge >= 0.3 is 6.03 Å². The maximum absolute atomic E-state index is 11.6. The number of nitrogens with zero attached hydrogens (tertiary/aromatic N) is 2. The molecule has 98 valence electrons. The first kappa shape index (κ1) is 12.8. The molecule has 1 saturated heterocycles. The first-order valence-corrected chi connectivity index (χ1v) is 6.41. The van der Waals surface area contributed by atoms with Gasteiger partial charge in [-0.2, -0.15) is 0 Å². The van der Waals surface area contributed by atoms with Crippen molar-refractivity contribution >= 4 is 11.7 Å². The maximum atomic E-state index is 11.6. The molecular weight excluding hydrogens is 228 g/mol. The molecule has 2 amide bonds. The van der Waals surface area contributed by atoms with Crippen LogP contribution in [0.25, 0.3) is 0 Å². The molecule has 0 bridgehead atoms. The molecule has 2 heterocycles. The first-order chi connectivity index (χ1) is 8.75. The maximum Gasteiger partial charge on any atom is 0.319 e. The zero-order chi connectivity index (χ0) is 12.8. The third-order valence-corrected chi connectivity index (χ3v) is 3.35. The summed E-state index contributed by atoms with van der Waals surface area (Å²) in [7, 11) is 2.15. The molecule has 1 aromatic heterocycles. The zero-order valence-corrected chi connectivity index (χ0v) is 10.7. The van der Waals surface area contributed by atoms with Gasteiger partial charge in [-0.25, -0.2) is 4.79 Å². The Morgan fingerprint density at radius 1 is 1.61 bits per heavy atom. The molecule has 0 saturated carbocycles. The average Bonchev–Trinajstić information content (AvgIpc) is 2.76. The number of hydrogen-bond donors (Lipinski definition) is 2. The minimum atomic E-state index is -0.163. The van der Waals surface area contributed by atoms with Crippen LogP contribution in [0.3, 0.4) is 0 Å². The summed E-state index contributed by atoms with van der Waals surface area (Å²) in [5.74, 6) is 0. The third kappa shape index (κ3) is 3.70. The summed E-state index contributed by atoms with van der Waals surface area (Å²) in [6, 6.07) is 4.06. The summed E-state index contributed by atoms with van der Waals surface area (Å²) in [6.07, 6.45) is 6.83.